The molecule has 0 aromatic carbocycles. The lowest BCUT2D eigenvalue weighted by Crippen LogP contribution is -2.52. The van der Waals surface area contributed by atoms with Gasteiger partial charge in [0.05, 0.1) is 6.07 Å². The van der Waals surface area contributed by atoms with E-state index in [0.717, 1.165) is 37.1 Å². The Hall–Kier alpha value is -0.590. The smallest absolute Gasteiger partial charge is 0.108 e. The molecule has 0 saturated heterocycles. The highest BCUT2D eigenvalue weighted by molar-refractivity contribution is 5.11. The van der Waals surface area contributed by atoms with E-state index in [0.29, 0.717) is 6.04 Å². The van der Waals surface area contributed by atoms with Crippen molar-refractivity contribution in [3.8, 4) is 6.07 Å². The Kier molecular flexibility index (Phi) is 4.57. The van der Waals surface area contributed by atoms with Gasteiger partial charge in [0.1, 0.15) is 5.54 Å². The number of hydrogen-bond donors (Lipinski definition) is 1. The van der Waals surface area contributed by atoms with Crippen LogP contribution < -0.4 is 5.32 Å². The van der Waals surface area contributed by atoms with Gasteiger partial charge >= 0.3 is 0 Å². The van der Waals surface area contributed by atoms with Crippen LogP contribution in [-0.4, -0.2) is 36.6 Å². The van der Waals surface area contributed by atoms with E-state index in [2.05, 4.69) is 30.3 Å². The number of hydrogen-bond acceptors (Lipinski definition) is 3. The molecule has 1 N–H and O–H groups in total. The van der Waals surface area contributed by atoms with E-state index in [-0.39, 0.29) is 5.54 Å². The predicted molar refractivity (Wildman–Crippen MR) is 85.8 cm³/mol. The molecular weight excluding hydrogens is 258 g/mol. The molecule has 3 nitrogen and oxygen atoms in total. The summed E-state index contributed by atoms with van der Waals surface area (Å²) in [4.78, 5) is 2.59. The van der Waals surface area contributed by atoms with E-state index < -0.39 is 0 Å². The molecule has 0 aliphatic heterocycles. The molecule has 0 aromatic heterocycles. The summed E-state index contributed by atoms with van der Waals surface area (Å²) in [5, 5.41) is 13.1. The van der Waals surface area contributed by atoms with Crippen LogP contribution in [0.1, 0.15) is 58.3 Å². The second kappa shape index (κ2) is 6.26. The molecular formula is C18H31N3. The van der Waals surface area contributed by atoms with Gasteiger partial charge in [0.15, 0.2) is 0 Å². The lowest BCUT2D eigenvalue weighted by atomic mass is 9.79. The molecule has 0 aromatic rings. The predicted octanol–water partition coefficient (Wildman–Crippen LogP) is 3.17. The van der Waals surface area contributed by atoms with Crippen LogP contribution in [0.15, 0.2) is 0 Å². The van der Waals surface area contributed by atoms with Crippen LogP contribution in [-0.2, 0) is 0 Å². The molecule has 0 amide bonds. The van der Waals surface area contributed by atoms with Crippen LogP contribution in [0, 0.1) is 29.1 Å². The van der Waals surface area contributed by atoms with Gasteiger partial charge in [0.25, 0.3) is 0 Å². The largest absolute Gasteiger partial charge is 0.303 e. The summed E-state index contributed by atoms with van der Waals surface area (Å²) in [5.74, 6) is 2.99. The van der Waals surface area contributed by atoms with Gasteiger partial charge in [0.2, 0.25) is 0 Å². The van der Waals surface area contributed by atoms with Crippen molar-refractivity contribution in [2.24, 2.45) is 17.8 Å². The van der Waals surface area contributed by atoms with Crippen molar-refractivity contribution in [2.75, 3.05) is 20.1 Å². The molecule has 3 saturated carbocycles. The Morgan fingerprint density at radius 1 is 1.29 bits per heavy atom. The molecule has 3 aliphatic carbocycles. The van der Waals surface area contributed by atoms with Crippen molar-refractivity contribution < 1.29 is 0 Å². The third-order valence-corrected chi connectivity index (χ3v) is 6.48. The van der Waals surface area contributed by atoms with Crippen LogP contribution in [0.4, 0.5) is 0 Å². The SMILES string of the molecule is CCNC1(C#N)CCCC(N(C)CC2CC3CCC2C3)C1. The van der Waals surface area contributed by atoms with Crippen molar-refractivity contribution in [1.29, 1.82) is 5.26 Å². The normalized spacial score (nSPS) is 42.4. The highest BCUT2D eigenvalue weighted by Gasteiger charge is 2.42. The molecule has 5 atom stereocenters. The lowest BCUT2D eigenvalue weighted by Gasteiger charge is -2.41. The number of rotatable bonds is 5. The quantitative estimate of drug-likeness (QED) is 0.845. The molecule has 0 heterocycles. The Morgan fingerprint density at radius 3 is 2.76 bits per heavy atom. The number of nitrogens with one attached hydrogen (secondary N) is 1. The average Bonchev–Trinajstić information content (AvgIpc) is 3.10. The van der Waals surface area contributed by atoms with Crippen LogP contribution in [0.5, 0.6) is 0 Å². The summed E-state index contributed by atoms with van der Waals surface area (Å²) in [6.45, 7) is 4.28. The third kappa shape index (κ3) is 3.12. The van der Waals surface area contributed by atoms with Gasteiger partial charge in [-0.1, -0.05) is 13.3 Å². The van der Waals surface area contributed by atoms with E-state index in [4.69, 9.17) is 0 Å². The van der Waals surface area contributed by atoms with E-state index >= 15 is 0 Å². The summed E-state index contributed by atoms with van der Waals surface area (Å²) in [5.41, 5.74) is -0.263. The highest BCUT2D eigenvalue weighted by atomic mass is 15.1. The van der Waals surface area contributed by atoms with Crippen LogP contribution in [0.25, 0.3) is 0 Å². The molecule has 0 spiro atoms. The van der Waals surface area contributed by atoms with Gasteiger partial charge in [-0.25, -0.2) is 0 Å². The second-order valence-electron chi connectivity index (χ2n) is 7.85. The van der Waals surface area contributed by atoms with E-state index in [1.54, 1.807) is 0 Å². The zero-order valence-corrected chi connectivity index (χ0v) is 13.8. The first-order valence-electron chi connectivity index (χ1n) is 9.02. The number of nitriles is 1. The fourth-order valence-electron chi connectivity index (χ4n) is 5.38. The summed E-state index contributed by atoms with van der Waals surface area (Å²) in [6, 6.07) is 3.18. The van der Waals surface area contributed by atoms with Crippen LogP contribution in [0.3, 0.4) is 0 Å². The molecule has 2 bridgehead atoms. The maximum atomic E-state index is 9.61. The zero-order valence-electron chi connectivity index (χ0n) is 13.8. The molecule has 3 rings (SSSR count). The summed E-state index contributed by atoms with van der Waals surface area (Å²) in [7, 11) is 2.30. The molecule has 0 radical (unpaired) electrons. The van der Waals surface area contributed by atoms with Crippen molar-refractivity contribution >= 4 is 0 Å². The minimum absolute atomic E-state index is 0.263. The number of fused-ring (bicyclic) bond motifs is 2. The molecule has 3 aliphatic rings. The van der Waals surface area contributed by atoms with Crippen molar-refractivity contribution in [2.45, 2.75) is 69.9 Å². The number of nitrogens with zero attached hydrogens (tertiary/aromatic N) is 2. The van der Waals surface area contributed by atoms with E-state index in [1.807, 2.05) is 0 Å². The average molecular weight is 289 g/mol. The monoisotopic (exact) mass is 289 g/mol. The fourth-order valence-corrected chi connectivity index (χ4v) is 5.38. The van der Waals surface area contributed by atoms with Gasteiger partial charge in [0, 0.05) is 12.6 Å². The second-order valence-corrected chi connectivity index (χ2v) is 7.85. The molecule has 118 valence electrons. The van der Waals surface area contributed by atoms with Gasteiger partial charge in [-0.05, 0) is 76.3 Å². The van der Waals surface area contributed by atoms with Crippen molar-refractivity contribution in [1.82, 2.24) is 10.2 Å². The standard InChI is InChI=1S/C18H31N3/c1-3-20-18(13-19)8-4-5-17(11-18)21(2)12-16-10-14-6-7-15(16)9-14/h14-17,20H,3-12H2,1-2H3. The Labute approximate surface area is 130 Å². The van der Waals surface area contributed by atoms with E-state index in [1.165, 1.54) is 45.1 Å². The Morgan fingerprint density at radius 2 is 2.14 bits per heavy atom. The maximum Gasteiger partial charge on any atom is 0.108 e. The Bertz CT molecular complexity index is 398. The van der Waals surface area contributed by atoms with Gasteiger partial charge < -0.3 is 4.90 Å². The van der Waals surface area contributed by atoms with Crippen LogP contribution >= 0.6 is 0 Å². The van der Waals surface area contributed by atoms with Gasteiger partial charge in [-0.3, -0.25) is 5.32 Å². The van der Waals surface area contributed by atoms with Crippen molar-refractivity contribution in [3.63, 3.8) is 0 Å². The molecule has 5 unspecified atom stereocenters. The maximum absolute atomic E-state index is 9.61. The van der Waals surface area contributed by atoms with Gasteiger partial charge in [-0.15, -0.1) is 0 Å². The first-order valence-corrected chi connectivity index (χ1v) is 9.02. The first kappa shape index (κ1) is 15.3. The van der Waals surface area contributed by atoms with Gasteiger partial charge in [-0.2, -0.15) is 5.26 Å². The van der Waals surface area contributed by atoms with Crippen molar-refractivity contribution in [3.05, 3.63) is 0 Å². The minimum Gasteiger partial charge on any atom is -0.303 e. The van der Waals surface area contributed by atoms with Crippen LogP contribution in [0.2, 0.25) is 0 Å². The fraction of sp³-hybridized carbons (Fsp3) is 0.944. The van der Waals surface area contributed by atoms with E-state index in [9.17, 15) is 5.26 Å². The topological polar surface area (TPSA) is 39.1 Å². The summed E-state index contributed by atoms with van der Waals surface area (Å²) >= 11 is 0. The minimum atomic E-state index is -0.263. The molecule has 3 fully saturated rings. The highest BCUT2D eigenvalue weighted by Crippen LogP contribution is 2.48. The summed E-state index contributed by atoms with van der Waals surface area (Å²) < 4.78 is 0. The lowest BCUT2D eigenvalue weighted by molar-refractivity contribution is 0.115. The third-order valence-electron chi connectivity index (χ3n) is 6.48. The summed E-state index contributed by atoms with van der Waals surface area (Å²) in [6.07, 6.45) is 10.4. The Balaban J connectivity index is 1.57. The zero-order chi connectivity index (χ0) is 14.9. The molecule has 21 heavy (non-hydrogen) atoms. The first-order chi connectivity index (χ1) is 10.2. The molecule has 3 heteroatoms.